The average molecular weight is 168 g/mol. The predicted molar refractivity (Wildman–Crippen MR) is 43.8 cm³/mol. The highest BCUT2D eigenvalue weighted by atomic mass is 16.5. The lowest BCUT2D eigenvalue weighted by atomic mass is 10.2. The molecule has 1 atom stereocenters. The van der Waals surface area contributed by atoms with Crippen LogP contribution in [-0.4, -0.2) is 22.2 Å². The Morgan fingerprint density at radius 3 is 2.92 bits per heavy atom. The van der Waals surface area contributed by atoms with Crippen molar-refractivity contribution in [3.05, 3.63) is 18.1 Å². The van der Waals surface area contributed by atoms with Gasteiger partial charge < -0.3 is 9.84 Å². The summed E-state index contributed by atoms with van der Waals surface area (Å²) in [7, 11) is 1.53. The van der Waals surface area contributed by atoms with Gasteiger partial charge in [-0.05, 0) is 6.42 Å². The zero-order valence-corrected chi connectivity index (χ0v) is 7.19. The number of aliphatic hydroxyl groups excluding tert-OH is 1. The molecule has 0 saturated carbocycles. The number of ether oxygens (including phenoxy) is 1. The molecule has 0 amide bonds. The van der Waals surface area contributed by atoms with Crippen LogP contribution < -0.4 is 4.74 Å². The van der Waals surface area contributed by atoms with E-state index in [0.717, 1.165) is 0 Å². The summed E-state index contributed by atoms with van der Waals surface area (Å²) >= 11 is 0. The van der Waals surface area contributed by atoms with Gasteiger partial charge in [0, 0.05) is 6.07 Å². The third kappa shape index (κ3) is 1.92. The van der Waals surface area contributed by atoms with Gasteiger partial charge in [-0.15, -0.1) is 0 Å². The number of methoxy groups -OCH3 is 1. The van der Waals surface area contributed by atoms with Crippen LogP contribution in [0.5, 0.6) is 5.88 Å². The molecule has 1 unspecified atom stereocenters. The van der Waals surface area contributed by atoms with Gasteiger partial charge >= 0.3 is 0 Å². The van der Waals surface area contributed by atoms with E-state index in [1.165, 1.54) is 13.4 Å². The van der Waals surface area contributed by atoms with Crippen LogP contribution in [0.1, 0.15) is 25.1 Å². The van der Waals surface area contributed by atoms with Crippen molar-refractivity contribution in [1.29, 1.82) is 0 Å². The number of aliphatic hydroxyl groups is 1. The van der Waals surface area contributed by atoms with Crippen LogP contribution >= 0.6 is 0 Å². The predicted octanol–water partition coefficient (Wildman–Crippen LogP) is 0.929. The highest BCUT2D eigenvalue weighted by molar-refractivity contribution is 5.14. The van der Waals surface area contributed by atoms with E-state index in [9.17, 15) is 5.11 Å². The zero-order valence-electron chi connectivity index (χ0n) is 7.19. The van der Waals surface area contributed by atoms with Crippen molar-refractivity contribution in [1.82, 2.24) is 9.97 Å². The van der Waals surface area contributed by atoms with Crippen molar-refractivity contribution in [3.63, 3.8) is 0 Å². The summed E-state index contributed by atoms with van der Waals surface area (Å²) in [6.07, 6.45) is 1.50. The molecule has 0 aromatic carbocycles. The molecule has 0 aliphatic rings. The number of hydrogen-bond donors (Lipinski definition) is 1. The quantitative estimate of drug-likeness (QED) is 0.729. The van der Waals surface area contributed by atoms with E-state index in [0.29, 0.717) is 18.0 Å². The first-order valence-electron chi connectivity index (χ1n) is 3.82. The van der Waals surface area contributed by atoms with Gasteiger partial charge in [0.15, 0.2) is 0 Å². The second kappa shape index (κ2) is 4.01. The van der Waals surface area contributed by atoms with E-state index >= 15 is 0 Å². The molecule has 4 heteroatoms. The number of aromatic nitrogens is 2. The Bertz CT molecular complexity index is 253. The normalized spacial score (nSPS) is 12.6. The molecule has 4 nitrogen and oxygen atoms in total. The topological polar surface area (TPSA) is 55.2 Å². The van der Waals surface area contributed by atoms with E-state index in [1.54, 1.807) is 6.07 Å². The van der Waals surface area contributed by atoms with Crippen molar-refractivity contribution in [2.75, 3.05) is 7.11 Å². The highest BCUT2D eigenvalue weighted by Gasteiger charge is 2.06. The van der Waals surface area contributed by atoms with E-state index < -0.39 is 6.10 Å². The molecule has 0 fully saturated rings. The van der Waals surface area contributed by atoms with Gasteiger partial charge in [0.2, 0.25) is 5.88 Å². The molecule has 1 N–H and O–H groups in total. The number of hydrogen-bond acceptors (Lipinski definition) is 4. The van der Waals surface area contributed by atoms with Crippen molar-refractivity contribution < 1.29 is 9.84 Å². The summed E-state index contributed by atoms with van der Waals surface area (Å²) in [6.45, 7) is 1.89. The Kier molecular flexibility index (Phi) is 2.99. The Hall–Kier alpha value is -1.16. The zero-order chi connectivity index (χ0) is 8.97. The van der Waals surface area contributed by atoms with Crippen molar-refractivity contribution in [2.24, 2.45) is 0 Å². The summed E-state index contributed by atoms with van der Waals surface area (Å²) in [5, 5.41) is 9.40. The minimum absolute atomic E-state index is 0.479. The second-order valence-electron chi connectivity index (χ2n) is 2.41. The van der Waals surface area contributed by atoms with Crippen molar-refractivity contribution >= 4 is 0 Å². The van der Waals surface area contributed by atoms with E-state index in [2.05, 4.69) is 9.97 Å². The van der Waals surface area contributed by atoms with Crippen LogP contribution in [0, 0.1) is 0 Å². The highest BCUT2D eigenvalue weighted by Crippen LogP contribution is 2.15. The van der Waals surface area contributed by atoms with Crippen LogP contribution in [0.4, 0.5) is 0 Å². The first-order valence-corrected chi connectivity index (χ1v) is 3.82. The third-order valence-corrected chi connectivity index (χ3v) is 1.60. The van der Waals surface area contributed by atoms with Crippen LogP contribution in [0.2, 0.25) is 0 Å². The van der Waals surface area contributed by atoms with Gasteiger partial charge in [0.25, 0.3) is 0 Å². The summed E-state index contributed by atoms with van der Waals surface area (Å²) in [6, 6.07) is 1.63. The van der Waals surface area contributed by atoms with Crippen LogP contribution in [0.25, 0.3) is 0 Å². The first-order chi connectivity index (χ1) is 5.77. The van der Waals surface area contributed by atoms with Gasteiger partial charge in [0.05, 0.1) is 18.9 Å². The number of rotatable bonds is 3. The van der Waals surface area contributed by atoms with E-state index in [4.69, 9.17) is 4.74 Å². The van der Waals surface area contributed by atoms with Crippen molar-refractivity contribution in [3.8, 4) is 5.88 Å². The lowest BCUT2D eigenvalue weighted by Gasteiger charge is -2.06. The van der Waals surface area contributed by atoms with E-state index in [-0.39, 0.29) is 0 Å². The Morgan fingerprint density at radius 1 is 1.58 bits per heavy atom. The molecule has 0 radical (unpaired) electrons. The standard InChI is InChI=1S/C8H12N2O2/c1-3-7(11)6-4-8(12-2)10-5-9-6/h4-5,7,11H,3H2,1-2H3. The molecular formula is C8H12N2O2. The molecule has 0 saturated heterocycles. The molecule has 0 spiro atoms. The lowest BCUT2D eigenvalue weighted by molar-refractivity contribution is 0.168. The smallest absolute Gasteiger partial charge is 0.216 e. The third-order valence-electron chi connectivity index (χ3n) is 1.60. The average Bonchev–Trinajstić information content (AvgIpc) is 2.17. The molecule has 12 heavy (non-hydrogen) atoms. The Balaban J connectivity index is 2.86. The molecule has 0 aliphatic heterocycles. The molecule has 1 aromatic heterocycles. The minimum atomic E-state index is -0.526. The first kappa shape index (κ1) is 8.93. The molecule has 0 bridgehead atoms. The fraction of sp³-hybridized carbons (Fsp3) is 0.500. The van der Waals surface area contributed by atoms with Crippen LogP contribution in [0.3, 0.4) is 0 Å². The van der Waals surface area contributed by atoms with Gasteiger partial charge in [-0.25, -0.2) is 9.97 Å². The van der Waals surface area contributed by atoms with Gasteiger partial charge in [-0.3, -0.25) is 0 Å². The fourth-order valence-electron chi connectivity index (χ4n) is 0.856. The maximum Gasteiger partial charge on any atom is 0.216 e. The monoisotopic (exact) mass is 168 g/mol. The van der Waals surface area contributed by atoms with Gasteiger partial charge in [-0.2, -0.15) is 0 Å². The summed E-state index contributed by atoms with van der Waals surface area (Å²) in [5.74, 6) is 0.479. The Morgan fingerprint density at radius 2 is 2.33 bits per heavy atom. The molecule has 1 heterocycles. The van der Waals surface area contributed by atoms with E-state index in [1.807, 2.05) is 6.92 Å². The summed E-state index contributed by atoms with van der Waals surface area (Å²) in [4.78, 5) is 7.75. The summed E-state index contributed by atoms with van der Waals surface area (Å²) < 4.78 is 4.89. The van der Waals surface area contributed by atoms with Crippen LogP contribution in [0.15, 0.2) is 12.4 Å². The maximum absolute atomic E-state index is 9.40. The maximum atomic E-state index is 9.40. The largest absolute Gasteiger partial charge is 0.481 e. The fourth-order valence-corrected chi connectivity index (χ4v) is 0.856. The SMILES string of the molecule is CCC(O)c1cc(OC)ncn1. The van der Waals surface area contributed by atoms with Crippen molar-refractivity contribution in [2.45, 2.75) is 19.4 Å². The summed E-state index contributed by atoms with van der Waals surface area (Å²) in [5.41, 5.74) is 0.601. The lowest BCUT2D eigenvalue weighted by Crippen LogP contribution is -2.00. The minimum Gasteiger partial charge on any atom is -0.481 e. The molecule has 0 aliphatic carbocycles. The van der Waals surface area contributed by atoms with Crippen LogP contribution in [-0.2, 0) is 0 Å². The van der Waals surface area contributed by atoms with Gasteiger partial charge in [-0.1, -0.05) is 6.92 Å². The molecule has 1 rings (SSSR count). The molecule has 1 aromatic rings. The second-order valence-corrected chi connectivity index (χ2v) is 2.41. The molecular weight excluding hydrogens is 156 g/mol. The van der Waals surface area contributed by atoms with Gasteiger partial charge in [0.1, 0.15) is 6.33 Å². The molecule has 66 valence electrons. The number of nitrogens with zero attached hydrogens (tertiary/aromatic N) is 2. The Labute approximate surface area is 71.2 Å².